The molecule has 0 spiro atoms. The van der Waals surface area contributed by atoms with Gasteiger partial charge >= 0.3 is 0 Å². The van der Waals surface area contributed by atoms with E-state index in [1.807, 2.05) is 12.3 Å². The van der Waals surface area contributed by atoms with Gasteiger partial charge in [-0.15, -0.1) is 11.8 Å². The molecule has 0 saturated carbocycles. The summed E-state index contributed by atoms with van der Waals surface area (Å²) in [7, 11) is 0. The zero-order valence-corrected chi connectivity index (χ0v) is 11.7. The highest BCUT2D eigenvalue weighted by atomic mass is 32.2. The van der Waals surface area contributed by atoms with Crippen molar-refractivity contribution in [1.29, 1.82) is 0 Å². The molecule has 0 aliphatic carbocycles. The Morgan fingerprint density at radius 2 is 2.11 bits per heavy atom. The van der Waals surface area contributed by atoms with Gasteiger partial charge < -0.3 is 4.55 Å². The van der Waals surface area contributed by atoms with Crippen molar-refractivity contribution >= 4 is 22.9 Å². The topological polar surface area (TPSA) is 23.1 Å². The van der Waals surface area contributed by atoms with Crippen LogP contribution in [-0.4, -0.2) is 17.1 Å². The van der Waals surface area contributed by atoms with Gasteiger partial charge in [-0.2, -0.15) is 0 Å². The average Bonchev–Trinajstić information content (AvgIpc) is 2.38. The number of benzene rings is 2. The minimum absolute atomic E-state index is 0.259. The predicted octanol–water partition coefficient (Wildman–Crippen LogP) is 3.75. The van der Waals surface area contributed by atoms with Crippen LogP contribution in [0.4, 0.5) is 4.39 Å². The highest BCUT2D eigenvalue weighted by Crippen LogP contribution is 2.30. The molecule has 1 atom stereocenters. The Labute approximate surface area is 114 Å². The Balaban J connectivity index is 2.52. The summed E-state index contributed by atoms with van der Waals surface area (Å²) in [5.41, 5.74) is 1.40. The van der Waals surface area contributed by atoms with Crippen LogP contribution < -0.4 is 0 Å². The summed E-state index contributed by atoms with van der Waals surface area (Å²) in [5, 5.41) is 0. The molecule has 93 valence electrons. The molecule has 4 heteroatoms. The zero-order valence-electron chi connectivity index (χ0n) is 10.1. The van der Waals surface area contributed by atoms with Crippen molar-refractivity contribution in [2.24, 2.45) is 0 Å². The van der Waals surface area contributed by atoms with Crippen LogP contribution in [0.5, 0.6) is 0 Å². The molecule has 1 nitrogen and oxygen atoms in total. The van der Waals surface area contributed by atoms with Crippen LogP contribution in [0.15, 0.2) is 46.2 Å². The minimum atomic E-state index is -1.11. The molecule has 2 aromatic carbocycles. The van der Waals surface area contributed by atoms with E-state index in [0.29, 0.717) is 20.9 Å². The lowest BCUT2D eigenvalue weighted by atomic mass is 10.1. The Bertz CT molecular complexity index is 555. The first-order valence-electron chi connectivity index (χ1n) is 5.31. The molecule has 0 aromatic heterocycles. The van der Waals surface area contributed by atoms with Gasteiger partial charge in [0.1, 0.15) is 12.1 Å². The van der Waals surface area contributed by atoms with Gasteiger partial charge in [-0.05, 0) is 47.3 Å². The molecule has 1 radical (unpaired) electrons. The van der Waals surface area contributed by atoms with Crippen LogP contribution in [0.25, 0.3) is 11.1 Å². The van der Waals surface area contributed by atoms with Gasteiger partial charge in [0.25, 0.3) is 0 Å². The molecular formula is C14H12FOS2. The maximum Gasteiger partial charge on any atom is 0.160 e. The van der Waals surface area contributed by atoms with Crippen molar-refractivity contribution in [3.05, 3.63) is 48.3 Å². The van der Waals surface area contributed by atoms with Gasteiger partial charge in [-0.1, -0.05) is 18.2 Å². The normalized spacial score (nSPS) is 12.4. The summed E-state index contributed by atoms with van der Waals surface area (Å²) in [4.78, 5) is 1.28. The van der Waals surface area contributed by atoms with Crippen LogP contribution in [0.1, 0.15) is 0 Å². The van der Waals surface area contributed by atoms with Crippen LogP contribution in [0.3, 0.4) is 0 Å². The van der Waals surface area contributed by atoms with Gasteiger partial charge in [0, 0.05) is 10.5 Å². The van der Waals surface area contributed by atoms with Crippen LogP contribution in [-0.2, 0) is 11.2 Å². The van der Waals surface area contributed by atoms with E-state index in [1.165, 1.54) is 17.8 Å². The summed E-state index contributed by atoms with van der Waals surface area (Å²) >= 11 is 0.251. The van der Waals surface area contributed by atoms with Crippen molar-refractivity contribution in [1.82, 2.24) is 0 Å². The van der Waals surface area contributed by atoms with Crippen molar-refractivity contribution in [3.63, 3.8) is 0 Å². The molecule has 2 aromatic rings. The first-order chi connectivity index (χ1) is 8.63. The van der Waals surface area contributed by atoms with E-state index in [0.717, 1.165) is 0 Å². The van der Waals surface area contributed by atoms with Gasteiger partial charge in [0.2, 0.25) is 0 Å². The van der Waals surface area contributed by atoms with Crippen LogP contribution in [0, 0.1) is 11.9 Å². The van der Waals surface area contributed by atoms with E-state index in [4.69, 9.17) is 0 Å². The third kappa shape index (κ3) is 2.71. The Kier molecular flexibility index (Phi) is 4.32. The molecule has 1 unspecified atom stereocenters. The third-order valence-electron chi connectivity index (χ3n) is 2.57. The van der Waals surface area contributed by atoms with E-state index in [9.17, 15) is 8.94 Å². The zero-order chi connectivity index (χ0) is 13.1. The molecule has 0 fully saturated rings. The maximum absolute atomic E-state index is 13.8. The second kappa shape index (κ2) is 5.78. The summed E-state index contributed by atoms with van der Waals surface area (Å²) in [6, 6.07) is 13.4. The van der Waals surface area contributed by atoms with E-state index < -0.39 is 11.2 Å². The predicted molar refractivity (Wildman–Crippen MR) is 74.8 cm³/mol. The summed E-state index contributed by atoms with van der Waals surface area (Å²) < 4.78 is 25.4. The standard InChI is InChI=1S/C14H12FOS2/c1-17-13-8-7-10(9-12(13)15)11-5-3-4-6-14(11)18(2)16/h3-4,6-9H,1-2H3. The first kappa shape index (κ1) is 13.5. The molecule has 0 saturated heterocycles. The van der Waals surface area contributed by atoms with Crippen molar-refractivity contribution in [3.8, 4) is 11.1 Å². The Hall–Kier alpha value is -0.970. The second-order valence-electron chi connectivity index (χ2n) is 3.71. The lowest BCUT2D eigenvalue weighted by molar-refractivity contribution is 0.599. The first-order valence-corrected chi connectivity index (χ1v) is 8.10. The summed E-state index contributed by atoms with van der Waals surface area (Å²) in [5.74, 6) is -0.259. The molecular weight excluding hydrogens is 267 g/mol. The molecule has 18 heavy (non-hydrogen) atoms. The van der Waals surface area contributed by atoms with E-state index in [2.05, 4.69) is 6.07 Å². The van der Waals surface area contributed by atoms with Crippen molar-refractivity contribution < 1.29 is 8.94 Å². The largest absolute Gasteiger partial charge is 0.612 e. The van der Waals surface area contributed by atoms with E-state index >= 15 is 0 Å². The fourth-order valence-corrected chi connectivity index (χ4v) is 2.90. The molecule has 0 aliphatic rings. The van der Waals surface area contributed by atoms with Crippen molar-refractivity contribution in [2.75, 3.05) is 12.5 Å². The van der Waals surface area contributed by atoms with E-state index in [-0.39, 0.29) is 5.82 Å². The smallest absolute Gasteiger partial charge is 0.160 e. The van der Waals surface area contributed by atoms with Gasteiger partial charge in [0.05, 0.1) is 0 Å². The number of thioether (sulfide) groups is 1. The molecule has 2 rings (SSSR count). The highest BCUT2D eigenvalue weighted by molar-refractivity contribution is 7.98. The molecule has 0 heterocycles. The molecule has 0 aliphatic heterocycles. The fraction of sp³-hybridized carbons (Fsp3) is 0.143. The monoisotopic (exact) mass is 279 g/mol. The van der Waals surface area contributed by atoms with Gasteiger partial charge in [-0.25, -0.2) is 4.39 Å². The molecule has 0 bridgehead atoms. The van der Waals surface area contributed by atoms with Gasteiger partial charge in [0.15, 0.2) is 4.90 Å². The number of halogens is 1. The molecule has 0 amide bonds. The highest BCUT2D eigenvalue weighted by Gasteiger charge is 2.14. The fourth-order valence-electron chi connectivity index (χ4n) is 1.71. The second-order valence-corrected chi connectivity index (χ2v) is 5.91. The Morgan fingerprint density at radius 1 is 1.33 bits per heavy atom. The lowest BCUT2D eigenvalue weighted by Crippen LogP contribution is -2.00. The lowest BCUT2D eigenvalue weighted by Gasteiger charge is -2.10. The van der Waals surface area contributed by atoms with E-state index in [1.54, 1.807) is 30.5 Å². The van der Waals surface area contributed by atoms with Crippen LogP contribution >= 0.6 is 11.8 Å². The SMILES string of the molecule is CSc1ccc(-c2[c]cccc2[S+](C)[O-])cc1F. The number of rotatable bonds is 3. The minimum Gasteiger partial charge on any atom is -0.612 e. The number of hydrogen-bond acceptors (Lipinski definition) is 2. The summed E-state index contributed by atoms with van der Waals surface area (Å²) in [6.45, 7) is 0. The third-order valence-corrected chi connectivity index (χ3v) is 4.30. The van der Waals surface area contributed by atoms with Gasteiger partial charge in [-0.3, -0.25) is 0 Å². The molecule has 0 N–H and O–H groups in total. The number of hydrogen-bond donors (Lipinski definition) is 0. The maximum atomic E-state index is 13.8. The Morgan fingerprint density at radius 3 is 2.72 bits per heavy atom. The van der Waals surface area contributed by atoms with Crippen molar-refractivity contribution in [2.45, 2.75) is 9.79 Å². The quantitative estimate of drug-likeness (QED) is 0.631. The van der Waals surface area contributed by atoms with Crippen LogP contribution in [0.2, 0.25) is 0 Å². The average molecular weight is 279 g/mol. The summed E-state index contributed by atoms with van der Waals surface area (Å²) in [6.07, 6.45) is 3.44.